The molecule has 0 spiro atoms. The molecular formula is C17H23N3O. The number of hydrogen-bond donors (Lipinski definition) is 1. The van der Waals surface area contributed by atoms with Crippen molar-refractivity contribution in [2.45, 2.75) is 39.2 Å². The van der Waals surface area contributed by atoms with Crippen molar-refractivity contribution in [3.63, 3.8) is 0 Å². The van der Waals surface area contributed by atoms with Crippen LogP contribution in [-0.4, -0.2) is 29.9 Å². The summed E-state index contributed by atoms with van der Waals surface area (Å²) in [6.07, 6.45) is 3.17. The van der Waals surface area contributed by atoms with Gasteiger partial charge in [-0.05, 0) is 56.9 Å². The van der Waals surface area contributed by atoms with Gasteiger partial charge in [0.05, 0.1) is 11.6 Å². The number of amides is 1. The lowest BCUT2D eigenvalue weighted by atomic mass is 10.2. The minimum Gasteiger partial charge on any atom is -0.326 e. The van der Waals surface area contributed by atoms with Gasteiger partial charge >= 0.3 is 0 Å². The molecule has 0 heterocycles. The third-order valence-electron chi connectivity index (χ3n) is 3.84. The Morgan fingerprint density at radius 1 is 1.38 bits per heavy atom. The second-order valence-electron chi connectivity index (χ2n) is 6.02. The quantitative estimate of drug-likeness (QED) is 0.838. The van der Waals surface area contributed by atoms with Gasteiger partial charge < -0.3 is 10.2 Å². The van der Waals surface area contributed by atoms with E-state index >= 15 is 0 Å². The number of rotatable bonds is 7. The number of carbonyl (C=O) groups excluding carboxylic acids is 1. The Balaban J connectivity index is 1.78. The molecule has 4 nitrogen and oxygen atoms in total. The van der Waals surface area contributed by atoms with Gasteiger partial charge in [-0.25, -0.2) is 0 Å². The summed E-state index contributed by atoms with van der Waals surface area (Å²) < 4.78 is 0. The van der Waals surface area contributed by atoms with Gasteiger partial charge in [0.1, 0.15) is 0 Å². The SMILES string of the molecule is CC(C)N(CCC(=O)Nc1ccc(C#N)cc1)CC1CC1. The predicted molar refractivity (Wildman–Crippen MR) is 83.8 cm³/mol. The fourth-order valence-electron chi connectivity index (χ4n) is 2.29. The fourth-order valence-corrected chi connectivity index (χ4v) is 2.29. The van der Waals surface area contributed by atoms with E-state index in [1.807, 2.05) is 0 Å². The van der Waals surface area contributed by atoms with Crippen LogP contribution in [0.5, 0.6) is 0 Å². The Labute approximate surface area is 126 Å². The fraction of sp³-hybridized carbons (Fsp3) is 0.529. The van der Waals surface area contributed by atoms with E-state index < -0.39 is 0 Å². The molecule has 21 heavy (non-hydrogen) atoms. The topological polar surface area (TPSA) is 56.1 Å². The molecule has 0 aromatic heterocycles. The number of anilines is 1. The summed E-state index contributed by atoms with van der Waals surface area (Å²) in [5, 5.41) is 11.6. The first kappa shape index (κ1) is 15.5. The maximum absolute atomic E-state index is 12.0. The van der Waals surface area contributed by atoms with Crippen molar-refractivity contribution in [3.8, 4) is 6.07 Å². The molecule has 0 atom stereocenters. The highest BCUT2D eigenvalue weighted by atomic mass is 16.1. The highest BCUT2D eigenvalue weighted by molar-refractivity contribution is 5.90. The molecular weight excluding hydrogens is 262 g/mol. The number of nitrogens with zero attached hydrogens (tertiary/aromatic N) is 2. The van der Waals surface area contributed by atoms with Gasteiger partial charge in [0, 0.05) is 31.2 Å². The van der Waals surface area contributed by atoms with Crippen molar-refractivity contribution in [2.75, 3.05) is 18.4 Å². The summed E-state index contributed by atoms with van der Waals surface area (Å²) in [5.74, 6) is 0.871. The Kier molecular flexibility index (Phi) is 5.35. The molecule has 0 aliphatic heterocycles. The van der Waals surface area contributed by atoms with Crippen LogP contribution in [0.15, 0.2) is 24.3 Å². The van der Waals surface area contributed by atoms with E-state index in [9.17, 15) is 4.79 Å². The summed E-state index contributed by atoms with van der Waals surface area (Å²) in [6.45, 7) is 6.28. The van der Waals surface area contributed by atoms with E-state index in [1.54, 1.807) is 24.3 Å². The van der Waals surface area contributed by atoms with Crippen LogP contribution in [0, 0.1) is 17.2 Å². The monoisotopic (exact) mass is 285 g/mol. The molecule has 0 saturated heterocycles. The molecule has 1 N–H and O–H groups in total. The zero-order valence-electron chi connectivity index (χ0n) is 12.8. The molecule has 4 heteroatoms. The lowest BCUT2D eigenvalue weighted by Gasteiger charge is -2.26. The molecule has 1 amide bonds. The van der Waals surface area contributed by atoms with Crippen molar-refractivity contribution >= 4 is 11.6 Å². The molecule has 1 aliphatic carbocycles. The highest BCUT2D eigenvalue weighted by Crippen LogP contribution is 2.30. The molecule has 0 radical (unpaired) electrons. The molecule has 1 aromatic carbocycles. The molecule has 1 saturated carbocycles. The zero-order valence-corrected chi connectivity index (χ0v) is 12.8. The van der Waals surface area contributed by atoms with Crippen LogP contribution in [0.25, 0.3) is 0 Å². The van der Waals surface area contributed by atoms with Crippen molar-refractivity contribution in [1.82, 2.24) is 4.90 Å². The first-order valence-corrected chi connectivity index (χ1v) is 7.62. The lowest BCUT2D eigenvalue weighted by molar-refractivity contribution is -0.116. The van der Waals surface area contributed by atoms with Gasteiger partial charge in [0.15, 0.2) is 0 Å². The second kappa shape index (κ2) is 7.24. The Bertz CT molecular complexity index is 512. The van der Waals surface area contributed by atoms with Gasteiger partial charge in [-0.15, -0.1) is 0 Å². The zero-order chi connectivity index (χ0) is 15.2. The minimum atomic E-state index is 0.0288. The Morgan fingerprint density at radius 3 is 2.57 bits per heavy atom. The molecule has 0 unspecified atom stereocenters. The Morgan fingerprint density at radius 2 is 2.05 bits per heavy atom. The normalized spacial score (nSPS) is 14.2. The third kappa shape index (κ3) is 5.20. The summed E-state index contributed by atoms with van der Waals surface area (Å²) in [7, 11) is 0. The van der Waals surface area contributed by atoms with Crippen LogP contribution in [0.3, 0.4) is 0 Å². The molecule has 112 valence electrons. The standard InChI is InChI=1S/C17H23N3O/c1-13(2)20(12-15-3-4-15)10-9-17(21)19-16-7-5-14(11-18)6-8-16/h5-8,13,15H,3-4,9-10,12H2,1-2H3,(H,19,21). The van der Waals surface area contributed by atoms with Crippen LogP contribution in [-0.2, 0) is 4.79 Å². The predicted octanol–water partition coefficient (Wildman–Crippen LogP) is 3.01. The first-order chi connectivity index (χ1) is 10.1. The van der Waals surface area contributed by atoms with Gasteiger partial charge in [-0.1, -0.05) is 0 Å². The summed E-state index contributed by atoms with van der Waals surface area (Å²) in [4.78, 5) is 14.4. The molecule has 1 fully saturated rings. The van der Waals surface area contributed by atoms with E-state index in [1.165, 1.54) is 12.8 Å². The smallest absolute Gasteiger partial charge is 0.225 e. The maximum atomic E-state index is 12.0. The van der Waals surface area contributed by atoms with Crippen LogP contribution in [0.2, 0.25) is 0 Å². The van der Waals surface area contributed by atoms with Crippen LogP contribution >= 0.6 is 0 Å². The summed E-state index contributed by atoms with van der Waals surface area (Å²) in [6, 6.07) is 9.50. The van der Waals surface area contributed by atoms with Crippen molar-refractivity contribution in [3.05, 3.63) is 29.8 Å². The lowest BCUT2D eigenvalue weighted by Crippen LogP contribution is -2.35. The number of hydrogen-bond acceptors (Lipinski definition) is 3. The van der Waals surface area contributed by atoms with E-state index in [-0.39, 0.29) is 5.91 Å². The highest BCUT2D eigenvalue weighted by Gasteiger charge is 2.25. The third-order valence-corrected chi connectivity index (χ3v) is 3.84. The van der Waals surface area contributed by atoms with Crippen LogP contribution in [0.4, 0.5) is 5.69 Å². The van der Waals surface area contributed by atoms with Gasteiger partial charge in [-0.3, -0.25) is 4.79 Å². The first-order valence-electron chi connectivity index (χ1n) is 7.62. The van der Waals surface area contributed by atoms with E-state index in [0.29, 0.717) is 18.0 Å². The second-order valence-corrected chi connectivity index (χ2v) is 6.02. The summed E-state index contributed by atoms with van der Waals surface area (Å²) in [5.41, 5.74) is 1.35. The van der Waals surface area contributed by atoms with Gasteiger partial charge in [0.25, 0.3) is 0 Å². The molecule has 1 aliphatic rings. The van der Waals surface area contributed by atoms with E-state index in [4.69, 9.17) is 5.26 Å². The van der Waals surface area contributed by atoms with Crippen molar-refractivity contribution in [1.29, 1.82) is 5.26 Å². The largest absolute Gasteiger partial charge is 0.326 e. The van der Waals surface area contributed by atoms with Crippen molar-refractivity contribution in [2.24, 2.45) is 5.92 Å². The van der Waals surface area contributed by atoms with Crippen LogP contribution < -0.4 is 5.32 Å². The minimum absolute atomic E-state index is 0.0288. The van der Waals surface area contributed by atoms with Gasteiger partial charge in [-0.2, -0.15) is 5.26 Å². The molecule has 1 aromatic rings. The molecule has 2 rings (SSSR count). The maximum Gasteiger partial charge on any atom is 0.225 e. The number of nitrogens with one attached hydrogen (secondary N) is 1. The summed E-state index contributed by atoms with van der Waals surface area (Å²) >= 11 is 0. The number of benzene rings is 1. The van der Waals surface area contributed by atoms with Gasteiger partial charge in [0.2, 0.25) is 5.91 Å². The van der Waals surface area contributed by atoms with E-state index in [2.05, 4.69) is 30.1 Å². The van der Waals surface area contributed by atoms with E-state index in [0.717, 1.165) is 24.7 Å². The van der Waals surface area contributed by atoms with Crippen LogP contribution in [0.1, 0.15) is 38.7 Å². The average Bonchev–Trinajstić information content (AvgIpc) is 3.28. The number of nitriles is 1. The average molecular weight is 285 g/mol. The molecule has 0 bridgehead atoms. The van der Waals surface area contributed by atoms with Crippen molar-refractivity contribution < 1.29 is 4.79 Å². The number of carbonyl (C=O) groups is 1. The Hall–Kier alpha value is -1.86.